The molecule has 5 heteroatoms. The Labute approximate surface area is 124 Å². The Balaban J connectivity index is 2.12. The average molecular weight is 330 g/mol. The molecular formula is C15H12BrN3O. The van der Waals surface area contributed by atoms with E-state index >= 15 is 0 Å². The number of hydrogen-bond donors (Lipinski definition) is 1. The summed E-state index contributed by atoms with van der Waals surface area (Å²) in [5.41, 5.74) is 3.55. The Morgan fingerprint density at radius 2 is 1.30 bits per heavy atom. The van der Waals surface area contributed by atoms with Gasteiger partial charge in [0.05, 0.1) is 0 Å². The maximum Gasteiger partial charge on any atom is 0.121 e. The van der Waals surface area contributed by atoms with Gasteiger partial charge in [0.1, 0.15) is 17.1 Å². The van der Waals surface area contributed by atoms with Gasteiger partial charge in [-0.05, 0) is 36.4 Å². The maximum atomic E-state index is 9.38. The molecule has 1 aromatic heterocycles. The number of phenols is 1. The van der Waals surface area contributed by atoms with Crippen LogP contribution in [0.15, 0.2) is 53.0 Å². The number of rotatable bonds is 2. The van der Waals surface area contributed by atoms with E-state index < -0.39 is 0 Å². The molecule has 0 bridgehead atoms. The molecule has 4 nitrogen and oxygen atoms in total. The third kappa shape index (κ3) is 2.44. The number of nitrogens with zero attached hydrogens (tertiary/aromatic N) is 3. The molecule has 0 aliphatic carbocycles. The molecular weight excluding hydrogens is 318 g/mol. The van der Waals surface area contributed by atoms with Crippen molar-refractivity contribution in [3.05, 3.63) is 53.0 Å². The third-order valence-electron chi connectivity index (χ3n) is 2.97. The molecule has 20 heavy (non-hydrogen) atoms. The second-order valence-electron chi connectivity index (χ2n) is 4.44. The smallest absolute Gasteiger partial charge is 0.121 e. The summed E-state index contributed by atoms with van der Waals surface area (Å²) in [6.07, 6.45) is 0. The highest BCUT2D eigenvalue weighted by atomic mass is 79.9. The van der Waals surface area contributed by atoms with Crippen LogP contribution in [-0.4, -0.2) is 20.1 Å². The molecule has 0 fully saturated rings. The highest BCUT2D eigenvalue weighted by molar-refractivity contribution is 9.10. The van der Waals surface area contributed by atoms with E-state index in [1.54, 1.807) is 24.0 Å². The number of hydrogen-bond acceptors (Lipinski definition) is 3. The van der Waals surface area contributed by atoms with Crippen LogP contribution in [0.4, 0.5) is 0 Å². The zero-order chi connectivity index (χ0) is 14.1. The summed E-state index contributed by atoms with van der Waals surface area (Å²) in [4.78, 5) is 1.56. The van der Waals surface area contributed by atoms with Crippen molar-refractivity contribution in [1.82, 2.24) is 15.0 Å². The van der Waals surface area contributed by atoms with E-state index in [-0.39, 0.29) is 5.75 Å². The number of halogens is 1. The first-order valence-corrected chi connectivity index (χ1v) is 6.89. The van der Waals surface area contributed by atoms with Crippen LogP contribution in [0.25, 0.3) is 22.5 Å². The molecule has 0 aliphatic heterocycles. The summed E-state index contributed by atoms with van der Waals surface area (Å²) in [6, 6.07) is 14.9. The normalized spacial score (nSPS) is 10.7. The van der Waals surface area contributed by atoms with Crippen LogP contribution in [-0.2, 0) is 7.05 Å². The fraction of sp³-hybridized carbons (Fsp3) is 0.0667. The molecule has 0 saturated carbocycles. The molecule has 0 spiro atoms. The minimum atomic E-state index is 0.239. The third-order valence-corrected chi connectivity index (χ3v) is 3.50. The minimum absolute atomic E-state index is 0.239. The largest absolute Gasteiger partial charge is 0.508 e. The van der Waals surface area contributed by atoms with Gasteiger partial charge < -0.3 is 5.11 Å². The number of benzene rings is 2. The van der Waals surface area contributed by atoms with Crippen LogP contribution >= 0.6 is 15.9 Å². The van der Waals surface area contributed by atoms with Crippen molar-refractivity contribution in [1.29, 1.82) is 0 Å². The van der Waals surface area contributed by atoms with E-state index in [2.05, 4.69) is 26.1 Å². The Morgan fingerprint density at radius 3 is 1.80 bits per heavy atom. The van der Waals surface area contributed by atoms with E-state index in [1.165, 1.54) is 0 Å². The van der Waals surface area contributed by atoms with Gasteiger partial charge in [-0.25, -0.2) is 0 Å². The summed E-state index contributed by atoms with van der Waals surface area (Å²) in [5.74, 6) is 0.239. The van der Waals surface area contributed by atoms with Gasteiger partial charge in [-0.3, -0.25) is 0 Å². The molecule has 3 aromatic rings. The zero-order valence-electron chi connectivity index (χ0n) is 10.8. The van der Waals surface area contributed by atoms with Crippen LogP contribution in [0, 0.1) is 0 Å². The zero-order valence-corrected chi connectivity index (χ0v) is 12.4. The van der Waals surface area contributed by atoms with Crippen LogP contribution in [0.1, 0.15) is 0 Å². The number of aryl methyl sites for hydroxylation is 1. The monoisotopic (exact) mass is 329 g/mol. The topological polar surface area (TPSA) is 50.9 Å². The van der Waals surface area contributed by atoms with Crippen molar-refractivity contribution in [3.63, 3.8) is 0 Å². The van der Waals surface area contributed by atoms with Crippen molar-refractivity contribution in [2.75, 3.05) is 0 Å². The van der Waals surface area contributed by atoms with Gasteiger partial charge in [0.2, 0.25) is 0 Å². The number of phenolic OH excluding ortho intramolecular Hbond substituents is 1. The van der Waals surface area contributed by atoms with Gasteiger partial charge in [0.25, 0.3) is 0 Å². The summed E-state index contributed by atoms with van der Waals surface area (Å²) in [7, 11) is 1.80. The molecule has 0 radical (unpaired) electrons. The quantitative estimate of drug-likeness (QED) is 0.781. The fourth-order valence-corrected chi connectivity index (χ4v) is 2.29. The molecule has 3 rings (SSSR count). The van der Waals surface area contributed by atoms with Crippen LogP contribution in [0.3, 0.4) is 0 Å². The Morgan fingerprint density at radius 1 is 0.850 bits per heavy atom. The molecule has 0 aliphatic rings. The average Bonchev–Trinajstić information content (AvgIpc) is 2.82. The first kappa shape index (κ1) is 12.9. The first-order chi connectivity index (χ1) is 9.63. The van der Waals surface area contributed by atoms with Gasteiger partial charge in [0, 0.05) is 22.6 Å². The lowest BCUT2D eigenvalue weighted by atomic mass is 10.1. The molecule has 0 amide bonds. The number of aromatic nitrogens is 3. The van der Waals surface area contributed by atoms with E-state index in [0.717, 1.165) is 27.0 Å². The van der Waals surface area contributed by atoms with Crippen LogP contribution in [0.2, 0.25) is 0 Å². The van der Waals surface area contributed by atoms with E-state index in [4.69, 9.17) is 0 Å². The second kappa shape index (κ2) is 5.09. The van der Waals surface area contributed by atoms with Gasteiger partial charge >= 0.3 is 0 Å². The maximum absolute atomic E-state index is 9.38. The molecule has 0 atom stereocenters. The lowest BCUT2D eigenvalue weighted by molar-refractivity contribution is 0.475. The lowest BCUT2D eigenvalue weighted by Gasteiger charge is -2.02. The molecule has 100 valence electrons. The van der Waals surface area contributed by atoms with Gasteiger partial charge in [0.15, 0.2) is 0 Å². The molecule has 0 saturated heterocycles. The summed E-state index contributed by atoms with van der Waals surface area (Å²) >= 11 is 3.43. The van der Waals surface area contributed by atoms with E-state index in [9.17, 15) is 5.11 Å². The van der Waals surface area contributed by atoms with Crippen molar-refractivity contribution in [2.24, 2.45) is 7.05 Å². The predicted molar refractivity (Wildman–Crippen MR) is 81.2 cm³/mol. The highest BCUT2D eigenvalue weighted by Crippen LogP contribution is 2.30. The summed E-state index contributed by atoms with van der Waals surface area (Å²) < 4.78 is 1.02. The van der Waals surface area contributed by atoms with Gasteiger partial charge in [-0.2, -0.15) is 15.0 Å². The van der Waals surface area contributed by atoms with Gasteiger partial charge in [-0.1, -0.05) is 28.1 Å². The second-order valence-corrected chi connectivity index (χ2v) is 5.36. The van der Waals surface area contributed by atoms with Crippen LogP contribution in [0.5, 0.6) is 5.75 Å². The van der Waals surface area contributed by atoms with Crippen molar-refractivity contribution < 1.29 is 5.11 Å². The number of aromatic hydroxyl groups is 1. The summed E-state index contributed by atoms with van der Waals surface area (Å²) in [5, 5.41) is 18.2. The highest BCUT2D eigenvalue weighted by Gasteiger charge is 2.13. The Kier molecular flexibility index (Phi) is 3.28. The molecule has 1 heterocycles. The first-order valence-electron chi connectivity index (χ1n) is 6.10. The lowest BCUT2D eigenvalue weighted by Crippen LogP contribution is -1.92. The molecule has 0 unspecified atom stereocenters. The van der Waals surface area contributed by atoms with E-state index in [1.807, 2.05) is 36.4 Å². The predicted octanol–water partition coefficient (Wildman–Crippen LogP) is 3.62. The minimum Gasteiger partial charge on any atom is -0.508 e. The van der Waals surface area contributed by atoms with Crippen LogP contribution < -0.4 is 0 Å². The Bertz CT molecular complexity index is 670. The SMILES string of the molecule is Cn1nc(-c2ccc(O)cc2)c(-c2ccc(Br)cc2)n1. The van der Waals surface area contributed by atoms with Crippen molar-refractivity contribution in [3.8, 4) is 28.3 Å². The van der Waals surface area contributed by atoms with Gasteiger partial charge in [-0.15, -0.1) is 0 Å². The molecule has 2 aromatic carbocycles. The molecule has 1 N–H and O–H groups in total. The van der Waals surface area contributed by atoms with Crippen molar-refractivity contribution >= 4 is 15.9 Å². The van der Waals surface area contributed by atoms with E-state index in [0.29, 0.717) is 0 Å². The van der Waals surface area contributed by atoms with Crippen molar-refractivity contribution in [2.45, 2.75) is 0 Å². The standard InChI is InChI=1S/C15H12BrN3O/c1-19-17-14(10-2-6-12(16)7-3-10)15(18-19)11-4-8-13(20)9-5-11/h2-9,20H,1H3. The Hall–Kier alpha value is -2.14. The summed E-state index contributed by atoms with van der Waals surface area (Å²) in [6.45, 7) is 0. The fourth-order valence-electron chi connectivity index (χ4n) is 2.02.